The van der Waals surface area contributed by atoms with Crippen LogP contribution in [0.5, 0.6) is 17.2 Å². The fourth-order valence-corrected chi connectivity index (χ4v) is 4.39. The minimum atomic E-state index is -0.0791. The number of carbonyl (C=O) groups is 1. The zero-order chi connectivity index (χ0) is 23.2. The molecule has 3 aromatic rings. The van der Waals surface area contributed by atoms with E-state index in [1.165, 1.54) is 5.56 Å². The van der Waals surface area contributed by atoms with Gasteiger partial charge in [-0.05, 0) is 59.5 Å². The summed E-state index contributed by atoms with van der Waals surface area (Å²) >= 11 is 0. The molecule has 172 valence electrons. The quantitative estimate of drug-likeness (QED) is 0.561. The summed E-state index contributed by atoms with van der Waals surface area (Å²) in [6.45, 7) is 2.10. The Hall–Kier alpha value is -3.51. The normalized spacial score (nSPS) is 15.4. The lowest BCUT2D eigenvalue weighted by Crippen LogP contribution is -2.41. The Labute approximate surface area is 195 Å². The Morgan fingerprint density at radius 3 is 2.42 bits per heavy atom. The van der Waals surface area contributed by atoms with Crippen molar-refractivity contribution in [3.8, 4) is 17.2 Å². The Kier molecular flexibility index (Phi) is 7.15. The fourth-order valence-electron chi connectivity index (χ4n) is 4.39. The van der Waals surface area contributed by atoms with E-state index in [2.05, 4.69) is 28.4 Å². The molecule has 33 heavy (non-hydrogen) atoms. The number of amides is 1. The molecule has 0 aliphatic carbocycles. The predicted molar refractivity (Wildman–Crippen MR) is 128 cm³/mol. The summed E-state index contributed by atoms with van der Waals surface area (Å²) in [4.78, 5) is 15.2. The zero-order valence-electron chi connectivity index (χ0n) is 19.3. The number of carbonyl (C=O) groups excluding carboxylic acids is 1. The molecule has 6 nitrogen and oxygen atoms in total. The second kappa shape index (κ2) is 10.4. The monoisotopic (exact) mass is 446 g/mol. The highest BCUT2D eigenvalue weighted by molar-refractivity contribution is 5.94. The zero-order valence-corrected chi connectivity index (χ0v) is 19.3. The molecule has 3 aromatic carbocycles. The summed E-state index contributed by atoms with van der Waals surface area (Å²) in [5.74, 6) is 2.18. The number of methoxy groups -OCH3 is 3. The summed E-state index contributed by atoms with van der Waals surface area (Å²) in [6.07, 6.45) is 0.892. The van der Waals surface area contributed by atoms with Gasteiger partial charge in [0.15, 0.2) is 11.5 Å². The molecule has 0 radical (unpaired) electrons. The van der Waals surface area contributed by atoms with Gasteiger partial charge < -0.3 is 19.5 Å². The molecule has 0 aromatic heterocycles. The first-order valence-electron chi connectivity index (χ1n) is 11.1. The number of ether oxygens (including phenoxy) is 3. The van der Waals surface area contributed by atoms with Crippen molar-refractivity contribution < 1.29 is 19.0 Å². The van der Waals surface area contributed by atoms with Crippen molar-refractivity contribution in [3.63, 3.8) is 0 Å². The molecule has 1 aliphatic heterocycles. The SMILES string of the molecule is COc1cccc(CN2CCc3cc(OC)c(OC)cc3[C@H]2CNC(=O)c2ccccc2)c1. The first kappa shape index (κ1) is 22.7. The van der Waals surface area contributed by atoms with E-state index in [-0.39, 0.29) is 11.9 Å². The maximum absolute atomic E-state index is 12.8. The Morgan fingerprint density at radius 1 is 0.939 bits per heavy atom. The van der Waals surface area contributed by atoms with Crippen LogP contribution in [-0.2, 0) is 13.0 Å². The van der Waals surface area contributed by atoms with Crippen LogP contribution < -0.4 is 19.5 Å². The van der Waals surface area contributed by atoms with Gasteiger partial charge in [0, 0.05) is 25.2 Å². The van der Waals surface area contributed by atoms with Crippen LogP contribution in [0.2, 0.25) is 0 Å². The summed E-state index contributed by atoms with van der Waals surface area (Å²) < 4.78 is 16.5. The van der Waals surface area contributed by atoms with Crippen molar-refractivity contribution in [2.45, 2.75) is 19.0 Å². The lowest BCUT2D eigenvalue weighted by atomic mass is 9.91. The van der Waals surface area contributed by atoms with Gasteiger partial charge in [0.2, 0.25) is 0 Å². The second-order valence-corrected chi connectivity index (χ2v) is 8.07. The first-order valence-corrected chi connectivity index (χ1v) is 11.1. The van der Waals surface area contributed by atoms with Crippen molar-refractivity contribution in [1.29, 1.82) is 0 Å². The molecule has 0 bridgehead atoms. The Morgan fingerprint density at radius 2 is 1.70 bits per heavy atom. The summed E-state index contributed by atoms with van der Waals surface area (Å²) in [6, 6.07) is 21.5. The molecule has 0 unspecified atom stereocenters. The van der Waals surface area contributed by atoms with Crippen molar-refractivity contribution in [2.24, 2.45) is 0 Å². The number of fused-ring (bicyclic) bond motifs is 1. The van der Waals surface area contributed by atoms with Crippen LogP contribution in [0.3, 0.4) is 0 Å². The standard InChI is InChI=1S/C27H30N2O4/c1-31-22-11-7-8-19(14-22)18-29-13-12-21-15-25(32-2)26(33-3)16-23(21)24(29)17-28-27(30)20-9-5-4-6-10-20/h4-11,14-16,24H,12-13,17-18H2,1-3H3,(H,28,30)/t24-/m1/s1. The molecule has 1 N–H and O–H groups in total. The van der Waals surface area contributed by atoms with Gasteiger partial charge in [0.1, 0.15) is 5.75 Å². The third kappa shape index (κ3) is 5.12. The predicted octanol–water partition coefficient (Wildman–Crippen LogP) is 4.24. The van der Waals surface area contributed by atoms with Gasteiger partial charge in [-0.2, -0.15) is 0 Å². The van der Waals surface area contributed by atoms with Gasteiger partial charge in [-0.1, -0.05) is 30.3 Å². The van der Waals surface area contributed by atoms with Gasteiger partial charge in [0.05, 0.1) is 27.4 Å². The minimum absolute atomic E-state index is 0.00702. The topological polar surface area (TPSA) is 60.0 Å². The van der Waals surface area contributed by atoms with Crippen molar-refractivity contribution in [1.82, 2.24) is 10.2 Å². The largest absolute Gasteiger partial charge is 0.497 e. The van der Waals surface area contributed by atoms with E-state index in [1.54, 1.807) is 21.3 Å². The van der Waals surface area contributed by atoms with E-state index < -0.39 is 0 Å². The lowest BCUT2D eigenvalue weighted by molar-refractivity contribution is 0.0926. The van der Waals surface area contributed by atoms with Gasteiger partial charge >= 0.3 is 0 Å². The van der Waals surface area contributed by atoms with E-state index >= 15 is 0 Å². The van der Waals surface area contributed by atoms with Gasteiger partial charge in [-0.15, -0.1) is 0 Å². The van der Waals surface area contributed by atoms with Crippen LogP contribution >= 0.6 is 0 Å². The van der Waals surface area contributed by atoms with Crippen molar-refractivity contribution in [2.75, 3.05) is 34.4 Å². The molecular weight excluding hydrogens is 416 g/mol. The van der Waals surface area contributed by atoms with Crippen LogP contribution in [0.15, 0.2) is 66.7 Å². The molecule has 0 saturated heterocycles. The maximum atomic E-state index is 12.8. The molecule has 1 heterocycles. The summed E-state index contributed by atoms with van der Waals surface area (Å²) in [5.41, 5.74) is 4.18. The third-order valence-corrected chi connectivity index (χ3v) is 6.13. The first-order chi connectivity index (χ1) is 16.1. The maximum Gasteiger partial charge on any atom is 0.251 e. The highest BCUT2D eigenvalue weighted by Crippen LogP contribution is 2.38. The Bertz CT molecular complexity index is 1100. The molecule has 0 saturated carbocycles. The third-order valence-electron chi connectivity index (χ3n) is 6.13. The molecule has 1 aliphatic rings. The van der Waals surface area contributed by atoms with Crippen LogP contribution in [-0.4, -0.2) is 45.2 Å². The van der Waals surface area contributed by atoms with Crippen LogP contribution in [0.25, 0.3) is 0 Å². The van der Waals surface area contributed by atoms with Crippen molar-refractivity contribution >= 4 is 5.91 Å². The fraction of sp³-hybridized carbons (Fsp3) is 0.296. The Balaban J connectivity index is 1.63. The van der Waals surface area contributed by atoms with Gasteiger partial charge in [-0.25, -0.2) is 0 Å². The molecule has 0 spiro atoms. The number of benzene rings is 3. The molecular formula is C27H30N2O4. The van der Waals surface area contributed by atoms with Gasteiger partial charge in [-0.3, -0.25) is 9.69 Å². The molecule has 4 rings (SSSR count). The average Bonchev–Trinajstić information content (AvgIpc) is 2.87. The number of nitrogens with zero attached hydrogens (tertiary/aromatic N) is 1. The highest BCUT2D eigenvalue weighted by atomic mass is 16.5. The van der Waals surface area contributed by atoms with Crippen LogP contribution in [0, 0.1) is 0 Å². The summed E-state index contributed by atoms with van der Waals surface area (Å²) in [5, 5.41) is 3.14. The molecule has 1 amide bonds. The highest BCUT2D eigenvalue weighted by Gasteiger charge is 2.29. The second-order valence-electron chi connectivity index (χ2n) is 8.07. The van der Waals surface area contributed by atoms with E-state index in [0.29, 0.717) is 17.9 Å². The number of rotatable bonds is 8. The van der Waals surface area contributed by atoms with Crippen LogP contribution in [0.1, 0.15) is 33.1 Å². The van der Waals surface area contributed by atoms with Crippen molar-refractivity contribution in [3.05, 3.63) is 89.0 Å². The van der Waals surface area contributed by atoms with E-state index in [9.17, 15) is 4.79 Å². The van der Waals surface area contributed by atoms with Crippen LogP contribution in [0.4, 0.5) is 0 Å². The number of hydrogen-bond donors (Lipinski definition) is 1. The molecule has 6 heteroatoms. The summed E-state index contributed by atoms with van der Waals surface area (Å²) in [7, 11) is 4.98. The molecule has 1 atom stereocenters. The lowest BCUT2D eigenvalue weighted by Gasteiger charge is -2.38. The van der Waals surface area contributed by atoms with E-state index in [1.807, 2.05) is 48.5 Å². The smallest absolute Gasteiger partial charge is 0.251 e. The minimum Gasteiger partial charge on any atom is -0.497 e. The number of hydrogen-bond acceptors (Lipinski definition) is 5. The van der Waals surface area contributed by atoms with E-state index in [0.717, 1.165) is 42.1 Å². The van der Waals surface area contributed by atoms with Gasteiger partial charge in [0.25, 0.3) is 5.91 Å². The molecule has 0 fully saturated rings. The van der Waals surface area contributed by atoms with E-state index in [4.69, 9.17) is 14.2 Å². The average molecular weight is 447 g/mol. The number of nitrogens with one attached hydrogen (secondary N) is 1.